The van der Waals surface area contributed by atoms with E-state index in [1.54, 1.807) is 30.3 Å². The van der Waals surface area contributed by atoms with Gasteiger partial charge in [0.05, 0.1) is 6.61 Å². The van der Waals surface area contributed by atoms with E-state index >= 15 is 0 Å². The number of thioether (sulfide) groups is 1. The van der Waals surface area contributed by atoms with Crippen molar-refractivity contribution in [3.05, 3.63) is 35.9 Å². The molecular formula is C43H71N11O9S. The van der Waals surface area contributed by atoms with Crippen molar-refractivity contribution >= 4 is 65.0 Å². The van der Waals surface area contributed by atoms with Crippen molar-refractivity contribution in [3.8, 4) is 0 Å². The lowest BCUT2D eigenvalue weighted by molar-refractivity contribution is -0.143. The molecule has 0 saturated heterocycles. The Morgan fingerprint density at radius 3 is 1.89 bits per heavy atom. The van der Waals surface area contributed by atoms with Gasteiger partial charge in [0.1, 0.15) is 42.3 Å². The van der Waals surface area contributed by atoms with Crippen molar-refractivity contribution in [2.75, 3.05) is 32.2 Å². The molecule has 0 bridgehead atoms. The first-order chi connectivity index (χ1) is 30.3. The molecule has 13 N–H and O–H groups in total. The number of benzene rings is 1. The van der Waals surface area contributed by atoms with Crippen LogP contribution in [0.2, 0.25) is 0 Å². The Labute approximate surface area is 380 Å². The molecule has 0 heterocycles. The predicted molar refractivity (Wildman–Crippen MR) is 245 cm³/mol. The van der Waals surface area contributed by atoms with Crippen LogP contribution in [0.1, 0.15) is 104 Å². The van der Waals surface area contributed by atoms with Gasteiger partial charge in [0.25, 0.3) is 0 Å². The Kier molecular flexibility index (Phi) is 24.2. The van der Waals surface area contributed by atoms with Crippen LogP contribution in [-0.2, 0) is 38.4 Å². The zero-order valence-corrected chi connectivity index (χ0v) is 38.8. The molecule has 358 valence electrons. The molecule has 0 radical (unpaired) electrons. The smallest absolute Gasteiger partial charge is 0.248 e. The Balaban J connectivity index is 2.37. The number of rotatable bonds is 27. The summed E-state index contributed by atoms with van der Waals surface area (Å²) < 4.78 is 0. The number of primary amides is 1. The fourth-order valence-corrected chi connectivity index (χ4v) is 7.91. The summed E-state index contributed by atoms with van der Waals surface area (Å²) in [5, 5.41) is 25.6. The van der Waals surface area contributed by atoms with Crippen molar-refractivity contribution < 1.29 is 43.5 Å². The van der Waals surface area contributed by atoms with E-state index < -0.39 is 96.2 Å². The summed E-state index contributed by atoms with van der Waals surface area (Å²) in [5.41, 5.74) is 16.9. The van der Waals surface area contributed by atoms with E-state index in [1.165, 1.54) is 37.6 Å². The minimum absolute atomic E-state index is 0.00165. The molecule has 1 fully saturated rings. The van der Waals surface area contributed by atoms with Gasteiger partial charge < -0.3 is 59.1 Å². The molecule has 7 atom stereocenters. The molecule has 1 aliphatic rings. The number of nitrogens with two attached hydrogens (primary N) is 3. The molecule has 64 heavy (non-hydrogen) atoms. The van der Waals surface area contributed by atoms with Crippen LogP contribution in [0.25, 0.3) is 0 Å². The normalized spacial score (nSPS) is 16.0. The maximum absolute atomic E-state index is 14.5. The van der Waals surface area contributed by atoms with Gasteiger partial charge in [-0.25, -0.2) is 0 Å². The van der Waals surface area contributed by atoms with Crippen LogP contribution in [0.15, 0.2) is 35.3 Å². The van der Waals surface area contributed by atoms with Crippen LogP contribution < -0.4 is 49.1 Å². The molecule has 1 aliphatic carbocycles. The molecule has 0 unspecified atom stereocenters. The van der Waals surface area contributed by atoms with Crippen molar-refractivity contribution in [2.45, 2.75) is 134 Å². The molecule has 21 heteroatoms. The monoisotopic (exact) mass is 918 g/mol. The van der Waals surface area contributed by atoms with Gasteiger partial charge >= 0.3 is 0 Å². The standard InChI is InChI=1S/C43H71N11O9S/c1-25(2)22-32(36(44)57)52-40(61)34(24-55)53-37(58)26(3)48-38(59)30(19-21-64-6)50-41(62)35(29-16-11-8-12-17-29)54(5)42(63)31(18-13-20-47-43(45)46)51-39(60)33(49-27(4)56)23-28-14-9-7-10-15-28/h8,11-12,16-17,25-26,28,30-35,55H,7,9-10,13-15,18-24H2,1-6H3,(H2,44,57)(H,48,59)(H,49,56)(H,50,62)(H,51,60)(H,52,61)(H,53,58)(H4,45,46,47)/t26-,30-,31-,32-,33-,34-,35-/m0/s1. The summed E-state index contributed by atoms with van der Waals surface area (Å²) in [4.78, 5) is 112. The van der Waals surface area contributed by atoms with Crippen LogP contribution in [0, 0.1) is 11.8 Å². The number of aliphatic hydroxyl groups excluding tert-OH is 1. The van der Waals surface area contributed by atoms with E-state index in [4.69, 9.17) is 17.2 Å². The van der Waals surface area contributed by atoms with E-state index in [0.29, 0.717) is 17.7 Å². The van der Waals surface area contributed by atoms with Crippen LogP contribution in [-0.4, -0.2) is 132 Å². The summed E-state index contributed by atoms with van der Waals surface area (Å²) in [5.74, 6) is -5.03. The lowest BCUT2D eigenvalue weighted by Gasteiger charge is -2.33. The Hall–Kier alpha value is -5.44. The van der Waals surface area contributed by atoms with Crippen molar-refractivity contribution in [2.24, 2.45) is 34.0 Å². The van der Waals surface area contributed by atoms with E-state index in [9.17, 15) is 43.5 Å². The average Bonchev–Trinajstić information content (AvgIpc) is 3.24. The van der Waals surface area contributed by atoms with Crippen molar-refractivity contribution in [1.82, 2.24) is 36.8 Å². The third kappa shape index (κ3) is 19.1. The van der Waals surface area contributed by atoms with Gasteiger partial charge in [0, 0.05) is 20.5 Å². The molecule has 0 aliphatic heterocycles. The maximum Gasteiger partial charge on any atom is 0.248 e. The van der Waals surface area contributed by atoms with Crippen LogP contribution >= 0.6 is 11.8 Å². The molecule has 8 amide bonds. The molecule has 0 spiro atoms. The highest BCUT2D eigenvalue weighted by Gasteiger charge is 2.37. The van der Waals surface area contributed by atoms with Gasteiger partial charge in [-0.3, -0.25) is 43.3 Å². The average molecular weight is 918 g/mol. The van der Waals surface area contributed by atoms with Gasteiger partial charge in [-0.1, -0.05) is 76.3 Å². The minimum atomic E-state index is -1.47. The van der Waals surface area contributed by atoms with Crippen LogP contribution in [0.5, 0.6) is 0 Å². The summed E-state index contributed by atoms with van der Waals surface area (Å²) in [7, 11) is 1.41. The van der Waals surface area contributed by atoms with Crippen molar-refractivity contribution in [1.29, 1.82) is 0 Å². The molecule has 0 aromatic heterocycles. The van der Waals surface area contributed by atoms with Gasteiger partial charge in [0.2, 0.25) is 47.3 Å². The summed E-state index contributed by atoms with van der Waals surface area (Å²) in [6.07, 6.45) is 7.91. The lowest BCUT2D eigenvalue weighted by Crippen LogP contribution is -2.59. The van der Waals surface area contributed by atoms with Gasteiger partial charge in [-0.2, -0.15) is 11.8 Å². The number of hydrogen-bond acceptors (Lipinski definition) is 11. The van der Waals surface area contributed by atoms with Crippen LogP contribution in [0.4, 0.5) is 0 Å². The number of carbonyl (C=O) groups is 8. The molecule has 20 nitrogen and oxygen atoms in total. The second kappa shape index (κ2) is 28.4. The van der Waals surface area contributed by atoms with Crippen molar-refractivity contribution in [3.63, 3.8) is 0 Å². The number of amides is 8. The second-order valence-electron chi connectivity index (χ2n) is 16.7. The first kappa shape index (κ1) is 54.7. The topological polar surface area (TPSA) is 323 Å². The van der Waals surface area contributed by atoms with Gasteiger partial charge in [-0.05, 0) is 68.4 Å². The lowest BCUT2D eigenvalue weighted by atomic mass is 9.84. The number of guanidine groups is 1. The highest BCUT2D eigenvalue weighted by atomic mass is 32.2. The zero-order chi connectivity index (χ0) is 47.9. The Morgan fingerprint density at radius 1 is 0.750 bits per heavy atom. The first-order valence-corrected chi connectivity index (χ1v) is 23.2. The third-order valence-corrected chi connectivity index (χ3v) is 11.5. The highest BCUT2D eigenvalue weighted by Crippen LogP contribution is 2.28. The van der Waals surface area contributed by atoms with Crippen LogP contribution in [0.3, 0.4) is 0 Å². The fourth-order valence-electron chi connectivity index (χ4n) is 7.44. The summed E-state index contributed by atoms with van der Waals surface area (Å²) in [6, 6.07) is 0.0161. The third-order valence-electron chi connectivity index (χ3n) is 10.8. The highest BCUT2D eigenvalue weighted by molar-refractivity contribution is 7.98. The number of aliphatic hydroxyl groups is 1. The van der Waals surface area contributed by atoms with E-state index in [2.05, 4.69) is 36.9 Å². The molecule has 1 saturated carbocycles. The van der Waals surface area contributed by atoms with E-state index in [1.807, 2.05) is 20.1 Å². The number of nitrogens with one attached hydrogen (secondary N) is 6. The fraction of sp³-hybridized carbons (Fsp3) is 0.651. The van der Waals surface area contributed by atoms with Gasteiger partial charge in [-0.15, -0.1) is 0 Å². The van der Waals surface area contributed by atoms with Gasteiger partial charge in [0.15, 0.2) is 5.96 Å². The predicted octanol–water partition coefficient (Wildman–Crippen LogP) is -0.565. The van der Waals surface area contributed by atoms with E-state index in [-0.39, 0.29) is 50.0 Å². The number of likely N-dealkylation sites (N-methyl/N-ethyl adjacent to an activating group) is 1. The SMILES string of the molecule is CSCC[C@H](NC(=O)[C@H](c1ccccc1)N(C)C(=O)[C@H](CCCN=C(N)N)NC(=O)[C@H](CC1CCCCC1)NC(C)=O)C(=O)N[C@@H](C)C(=O)N[C@@H](CO)C(=O)N[C@@H](CC(C)C)C(N)=O. The molecular weight excluding hydrogens is 847 g/mol. The summed E-state index contributed by atoms with van der Waals surface area (Å²) >= 11 is 1.41. The Bertz CT molecular complexity index is 1740. The number of hydrogen-bond donors (Lipinski definition) is 10. The molecule has 2 rings (SSSR count). The van der Waals surface area contributed by atoms with E-state index in [0.717, 1.165) is 32.1 Å². The summed E-state index contributed by atoms with van der Waals surface area (Å²) in [6.45, 7) is 5.66. The number of aliphatic imine (C=N–C) groups is 1. The Morgan fingerprint density at radius 2 is 1.33 bits per heavy atom. The largest absolute Gasteiger partial charge is 0.394 e. The molecule has 1 aromatic carbocycles. The molecule has 1 aromatic rings. The first-order valence-electron chi connectivity index (χ1n) is 21.8. The minimum Gasteiger partial charge on any atom is -0.394 e. The second-order valence-corrected chi connectivity index (χ2v) is 17.7. The quantitative estimate of drug-likeness (QED) is 0.0302. The number of carbonyl (C=O) groups excluding carboxylic acids is 8. The number of nitrogens with zero attached hydrogens (tertiary/aromatic N) is 2. The maximum atomic E-state index is 14.5. The zero-order valence-electron chi connectivity index (χ0n) is 38.0.